The maximum absolute atomic E-state index is 11.9. The molecule has 1 heterocycles. The summed E-state index contributed by atoms with van der Waals surface area (Å²) in [5, 5.41) is 13.6. The number of urea groups is 1. The van der Waals surface area contributed by atoms with E-state index >= 15 is 0 Å². The fourth-order valence-corrected chi connectivity index (χ4v) is 1.75. The Morgan fingerprint density at radius 1 is 1.18 bits per heavy atom. The lowest BCUT2D eigenvalue weighted by atomic mass is 10.1. The summed E-state index contributed by atoms with van der Waals surface area (Å²) in [7, 11) is 0. The average molecular weight is 302 g/mol. The highest BCUT2D eigenvalue weighted by atomic mass is 16.4. The van der Waals surface area contributed by atoms with Crippen LogP contribution >= 0.6 is 0 Å². The Balaban J connectivity index is 1.98. The summed E-state index contributed by atoms with van der Waals surface area (Å²) < 4.78 is 5.50. The van der Waals surface area contributed by atoms with E-state index in [9.17, 15) is 4.79 Å². The second-order valence-corrected chi connectivity index (χ2v) is 5.56. The highest BCUT2D eigenvalue weighted by Crippen LogP contribution is 2.20. The first kappa shape index (κ1) is 16.0. The maximum atomic E-state index is 11.9. The Kier molecular flexibility index (Phi) is 5.14. The van der Waals surface area contributed by atoms with Gasteiger partial charge in [-0.05, 0) is 37.1 Å². The first-order valence-electron chi connectivity index (χ1n) is 7.50. The first-order chi connectivity index (χ1) is 10.5. The number of aromatic nitrogens is 2. The molecule has 0 saturated heterocycles. The van der Waals surface area contributed by atoms with Crippen LogP contribution < -0.4 is 10.6 Å². The molecular formula is C16H22N4O2. The molecule has 1 aromatic carbocycles. The topological polar surface area (TPSA) is 80.0 Å². The van der Waals surface area contributed by atoms with Crippen molar-refractivity contribution in [3.05, 3.63) is 30.2 Å². The molecule has 0 aliphatic carbocycles. The zero-order valence-corrected chi connectivity index (χ0v) is 13.4. The van der Waals surface area contributed by atoms with Gasteiger partial charge in [0.25, 0.3) is 0 Å². The van der Waals surface area contributed by atoms with E-state index in [1.807, 2.05) is 38.1 Å². The van der Waals surface area contributed by atoms with Crippen molar-refractivity contribution in [1.29, 1.82) is 0 Å². The van der Waals surface area contributed by atoms with Gasteiger partial charge in [-0.1, -0.05) is 20.8 Å². The molecule has 1 aromatic heterocycles. The molecule has 0 unspecified atom stereocenters. The Labute approximate surface area is 130 Å². The number of carbonyl (C=O) groups excluding carboxylic acids is 1. The van der Waals surface area contributed by atoms with Gasteiger partial charge in [0.15, 0.2) is 0 Å². The van der Waals surface area contributed by atoms with E-state index in [2.05, 4.69) is 34.7 Å². The Bertz CT molecular complexity index is 619. The van der Waals surface area contributed by atoms with Crippen molar-refractivity contribution in [2.24, 2.45) is 5.92 Å². The first-order valence-corrected chi connectivity index (χ1v) is 7.50. The van der Waals surface area contributed by atoms with Gasteiger partial charge in [-0.3, -0.25) is 0 Å². The van der Waals surface area contributed by atoms with Crippen molar-refractivity contribution < 1.29 is 9.21 Å². The predicted octanol–water partition coefficient (Wildman–Crippen LogP) is 3.47. The van der Waals surface area contributed by atoms with Gasteiger partial charge in [-0.25, -0.2) is 4.79 Å². The van der Waals surface area contributed by atoms with Crippen molar-refractivity contribution in [2.45, 2.75) is 40.2 Å². The second-order valence-electron chi connectivity index (χ2n) is 5.56. The Hall–Kier alpha value is -2.37. The fraction of sp³-hybridized carbons (Fsp3) is 0.438. The number of nitrogens with zero attached hydrogens (tertiary/aromatic N) is 2. The van der Waals surface area contributed by atoms with Crippen molar-refractivity contribution in [3.63, 3.8) is 0 Å². The molecule has 6 nitrogen and oxygen atoms in total. The molecule has 22 heavy (non-hydrogen) atoms. The summed E-state index contributed by atoms with van der Waals surface area (Å²) in [6.07, 6.45) is 0.709. The lowest BCUT2D eigenvalue weighted by Crippen LogP contribution is -2.38. The van der Waals surface area contributed by atoms with Gasteiger partial charge < -0.3 is 15.1 Å². The van der Waals surface area contributed by atoms with Gasteiger partial charge in [0.1, 0.15) is 0 Å². The molecule has 2 rings (SSSR count). The van der Waals surface area contributed by atoms with Crippen LogP contribution in [0.5, 0.6) is 0 Å². The summed E-state index contributed by atoms with van der Waals surface area (Å²) >= 11 is 0. The maximum Gasteiger partial charge on any atom is 0.319 e. The van der Waals surface area contributed by atoms with E-state index in [0.29, 0.717) is 29.8 Å². The molecule has 6 heteroatoms. The number of hydrogen-bond acceptors (Lipinski definition) is 4. The van der Waals surface area contributed by atoms with Crippen LogP contribution in [0.15, 0.2) is 28.7 Å². The fourth-order valence-electron chi connectivity index (χ4n) is 1.75. The molecule has 0 aliphatic heterocycles. The number of amides is 2. The molecule has 118 valence electrons. The van der Waals surface area contributed by atoms with Crippen molar-refractivity contribution >= 4 is 11.7 Å². The predicted molar refractivity (Wildman–Crippen MR) is 85.6 cm³/mol. The van der Waals surface area contributed by atoms with E-state index < -0.39 is 0 Å². The summed E-state index contributed by atoms with van der Waals surface area (Å²) in [6.45, 7) is 8.07. The summed E-state index contributed by atoms with van der Waals surface area (Å²) in [5.41, 5.74) is 1.54. The monoisotopic (exact) mass is 302 g/mol. The van der Waals surface area contributed by atoms with Gasteiger partial charge >= 0.3 is 6.03 Å². The van der Waals surface area contributed by atoms with Gasteiger partial charge in [0.05, 0.1) is 0 Å². The lowest BCUT2D eigenvalue weighted by molar-refractivity contribution is 0.246. The lowest BCUT2D eigenvalue weighted by Gasteiger charge is -2.17. The van der Waals surface area contributed by atoms with Crippen LogP contribution in [0.3, 0.4) is 0 Å². The minimum Gasteiger partial charge on any atom is -0.421 e. The van der Waals surface area contributed by atoms with E-state index in [1.165, 1.54) is 0 Å². The van der Waals surface area contributed by atoms with E-state index in [1.54, 1.807) is 0 Å². The summed E-state index contributed by atoms with van der Waals surface area (Å²) in [4.78, 5) is 11.9. The van der Waals surface area contributed by atoms with Gasteiger partial charge in [0.2, 0.25) is 11.8 Å². The van der Waals surface area contributed by atoms with Crippen LogP contribution in [-0.2, 0) is 6.42 Å². The van der Waals surface area contributed by atoms with Crippen LogP contribution in [0.4, 0.5) is 10.5 Å². The highest BCUT2D eigenvalue weighted by Gasteiger charge is 2.11. The molecule has 0 bridgehead atoms. The van der Waals surface area contributed by atoms with Crippen LogP contribution in [-0.4, -0.2) is 22.3 Å². The zero-order chi connectivity index (χ0) is 16.1. The number of hydrogen-bond donors (Lipinski definition) is 2. The van der Waals surface area contributed by atoms with Gasteiger partial charge in [-0.2, -0.15) is 0 Å². The third kappa shape index (κ3) is 4.07. The molecule has 0 fully saturated rings. The van der Waals surface area contributed by atoms with Crippen molar-refractivity contribution in [1.82, 2.24) is 15.5 Å². The molecular weight excluding hydrogens is 280 g/mol. The van der Waals surface area contributed by atoms with E-state index in [0.717, 1.165) is 5.56 Å². The standard InChI is InChI=1S/C16H22N4O2/c1-5-14-19-20-15(22-14)12-6-8-13(9-7-12)18-16(21)17-11(4)10(2)3/h6-11H,5H2,1-4H3,(H2,17,18,21)/t11-/m1/s1. The minimum absolute atomic E-state index is 0.116. The van der Waals surface area contributed by atoms with Crippen LogP contribution in [0, 0.1) is 5.92 Å². The highest BCUT2D eigenvalue weighted by molar-refractivity contribution is 5.89. The molecule has 1 atom stereocenters. The molecule has 2 amide bonds. The summed E-state index contributed by atoms with van der Waals surface area (Å²) in [6, 6.07) is 7.21. The second kappa shape index (κ2) is 7.06. The summed E-state index contributed by atoms with van der Waals surface area (Å²) in [5.74, 6) is 1.49. The van der Waals surface area contributed by atoms with Crippen molar-refractivity contribution in [2.75, 3.05) is 5.32 Å². The van der Waals surface area contributed by atoms with Crippen LogP contribution in [0.2, 0.25) is 0 Å². The number of aryl methyl sites for hydroxylation is 1. The number of benzene rings is 1. The van der Waals surface area contributed by atoms with Gasteiger partial charge in [-0.15, -0.1) is 10.2 Å². The molecule has 2 N–H and O–H groups in total. The molecule has 2 aromatic rings. The van der Waals surface area contributed by atoms with Crippen molar-refractivity contribution in [3.8, 4) is 11.5 Å². The largest absolute Gasteiger partial charge is 0.421 e. The molecule has 0 radical (unpaired) electrons. The van der Waals surface area contributed by atoms with Gasteiger partial charge in [0, 0.05) is 23.7 Å². The third-order valence-corrected chi connectivity index (χ3v) is 3.52. The van der Waals surface area contributed by atoms with Crippen LogP contribution in [0.25, 0.3) is 11.5 Å². The Morgan fingerprint density at radius 3 is 2.41 bits per heavy atom. The number of rotatable bonds is 5. The Morgan fingerprint density at radius 2 is 1.86 bits per heavy atom. The number of carbonyl (C=O) groups is 1. The van der Waals surface area contributed by atoms with E-state index in [4.69, 9.17) is 4.42 Å². The zero-order valence-electron chi connectivity index (χ0n) is 13.4. The number of anilines is 1. The smallest absolute Gasteiger partial charge is 0.319 e. The molecule has 0 saturated carbocycles. The minimum atomic E-state index is -0.208. The SMILES string of the molecule is CCc1nnc(-c2ccc(NC(=O)N[C@H](C)C(C)C)cc2)o1. The van der Waals surface area contributed by atoms with E-state index in [-0.39, 0.29) is 12.1 Å². The average Bonchev–Trinajstić information content (AvgIpc) is 2.96. The van der Waals surface area contributed by atoms with Crippen LogP contribution in [0.1, 0.15) is 33.6 Å². The third-order valence-electron chi connectivity index (χ3n) is 3.52. The molecule has 0 aliphatic rings. The molecule has 0 spiro atoms. The number of nitrogens with one attached hydrogen (secondary N) is 2. The normalized spacial score (nSPS) is 12.2. The quantitative estimate of drug-likeness (QED) is 0.886.